The van der Waals surface area contributed by atoms with Gasteiger partial charge in [0.05, 0.1) is 11.6 Å². The Kier molecular flexibility index (Phi) is 3.74. The highest BCUT2D eigenvalue weighted by molar-refractivity contribution is 7.15. The van der Waals surface area contributed by atoms with Crippen LogP contribution in [0.5, 0.6) is 0 Å². The van der Waals surface area contributed by atoms with Gasteiger partial charge in [0, 0.05) is 27.4 Å². The number of aliphatic hydroxyl groups excluding tert-OH is 1. The minimum absolute atomic E-state index is 0.170. The summed E-state index contributed by atoms with van der Waals surface area (Å²) in [6.45, 7) is 0. The van der Waals surface area contributed by atoms with E-state index < -0.39 is 11.4 Å². The van der Waals surface area contributed by atoms with Gasteiger partial charge in [-0.2, -0.15) is 0 Å². The molecule has 0 saturated heterocycles. The van der Waals surface area contributed by atoms with E-state index in [0.29, 0.717) is 5.39 Å². The van der Waals surface area contributed by atoms with Crippen molar-refractivity contribution in [2.45, 2.75) is 44.2 Å². The fourth-order valence-electron chi connectivity index (χ4n) is 3.98. The quantitative estimate of drug-likeness (QED) is 0.715. The number of carboxylic acids is 1. The Morgan fingerprint density at radius 1 is 1.19 bits per heavy atom. The Morgan fingerprint density at radius 2 is 2.00 bits per heavy atom. The lowest BCUT2D eigenvalue weighted by molar-refractivity contribution is 0.0695. The first kappa shape index (κ1) is 16.7. The summed E-state index contributed by atoms with van der Waals surface area (Å²) in [4.78, 5) is 26.4. The lowest BCUT2D eigenvalue weighted by Gasteiger charge is -2.16. The Labute approximate surface area is 159 Å². The Balaban J connectivity index is 1.70. The lowest BCUT2D eigenvalue weighted by atomic mass is 9.96. The average molecular weight is 381 g/mol. The largest absolute Gasteiger partial charge is 0.477 e. The summed E-state index contributed by atoms with van der Waals surface area (Å²) in [7, 11) is 0. The molecule has 0 aliphatic heterocycles. The zero-order chi connectivity index (χ0) is 18.7. The third kappa shape index (κ3) is 2.71. The number of nitrogens with zero attached hydrogens (tertiary/aromatic N) is 1. The van der Waals surface area contributed by atoms with Crippen molar-refractivity contribution in [2.24, 2.45) is 0 Å². The van der Waals surface area contributed by atoms with E-state index in [0.717, 1.165) is 53.6 Å². The zero-order valence-corrected chi connectivity index (χ0v) is 15.5. The van der Waals surface area contributed by atoms with Gasteiger partial charge in [-0.3, -0.25) is 4.79 Å². The van der Waals surface area contributed by atoms with Crippen molar-refractivity contribution in [1.82, 2.24) is 4.57 Å². The fraction of sp³-hybridized carbons (Fsp3) is 0.333. The molecule has 0 amide bonds. The maximum atomic E-state index is 12.6. The SMILES string of the molecule is O=C(O)c1cn(C2CC2)c2cc(-c3cc4c(s3)CCCC4O)ccc2c1=O. The second kappa shape index (κ2) is 6.04. The summed E-state index contributed by atoms with van der Waals surface area (Å²) in [6, 6.07) is 7.95. The average Bonchev–Trinajstić information content (AvgIpc) is 3.39. The van der Waals surface area contributed by atoms with Gasteiger partial charge in [-0.05, 0) is 61.4 Å². The smallest absolute Gasteiger partial charge is 0.341 e. The van der Waals surface area contributed by atoms with Gasteiger partial charge in [0.25, 0.3) is 0 Å². The normalized spacial score (nSPS) is 19.2. The van der Waals surface area contributed by atoms with Gasteiger partial charge >= 0.3 is 5.97 Å². The molecule has 2 aliphatic carbocycles. The maximum Gasteiger partial charge on any atom is 0.341 e. The second-order valence-electron chi connectivity index (χ2n) is 7.44. The van der Waals surface area contributed by atoms with Crippen LogP contribution in [-0.4, -0.2) is 20.7 Å². The van der Waals surface area contributed by atoms with Gasteiger partial charge in [-0.25, -0.2) is 4.79 Å². The summed E-state index contributed by atoms with van der Waals surface area (Å²) in [5.74, 6) is -1.18. The van der Waals surface area contributed by atoms with Gasteiger partial charge < -0.3 is 14.8 Å². The van der Waals surface area contributed by atoms with Gasteiger partial charge in [-0.15, -0.1) is 11.3 Å². The van der Waals surface area contributed by atoms with Crippen LogP contribution in [0.4, 0.5) is 0 Å². The van der Waals surface area contributed by atoms with Crippen LogP contribution in [0, 0.1) is 0 Å². The van der Waals surface area contributed by atoms with E-state index in [2.05, 4.69) is 6.07 Å². The number of pyridine rings is 1. The molecule has 2 aliphatic rings. The highest BCUT2D eigenvalue weighted by atomic mass is 32.1. The molecule has 2 heterocycles. The van der Waals surface area contributed by atoms with E-state index in [9.17, 15) is 19.8 Å². The third-order valence-corrected chi connectivity index (χ3v) is 6.83. The number of benzene rings is 1. The number of aryl methyl sites for hydroxylation is 1. The molecule has 0 bridgehead atoms. The minimum atomic E-state index is -1.18. The predicted octanol–water partition coefficient (Wildman–Crippen LogP) is 4.13. The van der Waals surface area contributed by atoms with Crippen molar-refractivity contribution >= 4 is 28.2 Å². The van der Waals surface area contributed by atoms with Gasteiger partial charge in [-0.1, -0.05) is 6.07 Å². The maximum absolute atomic E-state index is 12.6. The van der Waals surface area contributed by atoms with Gasteiger partial charge in [0.1, 0.15) is 5.56 Å². The van der Waals surface area contributed by atoms with Crippen LogP contribution in [-0.2, 0) is 6.42 Å². The van der Waals surface area contributed by atoms with E-state index in [1.165, 1.54) is 11.1 Å². The molecule has 1 atom stereocenters. The standard InChI is InChI=1S/C21H19NO4S/c23-17-2-1-3-18-14(17)9-19(27-18)11-4-7-13-16(8-11)22(12-5-6-12)10-15(20(13)24)21(25)26/h4,7-10,12,17,23H,1-3,5-6H2,(H,25,26). The number of aromatic nitrogens is 1. The van der Waals surface area contributed by atoms with Crippen LogP contribution in [0.1, 0.15) is 58.6 Å². The van der Waals surface area contributed by atoms with Crippen molar-refractivity contribution < 1.29 is 15.0 Å². The number of aliphatic hydroxyl groups is 1. The predicted molar refractivity (Wildman–Crippen MR) is 105 cm³/mol. The molecule has 5 rings (SSSR count). The van der Waals surface area contributed by atoms with Crippen molar-refractivity contribution in [3.63, 3.8) is 0 Å². The molecule has 1 fully saturated rings. The monoisotopic (exact) mass is 381 g/mol. The number of thiophene rings is 1. The van der Waals surface area contributed by atoms with Crippen molar-refractivity contribution in [3.05, 3.63) is 56.7 Å². The van der Waals surface area contributed by atoms with E-state index >= 15 is 0 Å². The number of rotatable bonds is 3. The Morgan fingerprint density at radius 3 is 2.70 bits per heavy atom. The summed E-state index contributed by atoms with van der Waals surface area (Å²) < 4.78 is 1.95. The van der Waals surface area contributed by atoms with Crippen molar-refractivity contribution in [1.29, 1.82) is 0 Å². The van der Waals surface area contributed by atoms with E-state index in [-0.39, 0.29) is 17.7 Å². The summed E-state index contributed by atoms with van der Waals surface area (Å²) in [6.07, 6.45) is 5.92. The molecule has 2 aromatic heterocycles. The van der Waals surface area contributed by atoms with Crippen LogP contribution in [0.15, 0.2) is 35.3 Å². The fourth-order valence-corrected chi connectivity index (χ4v) is 5.24. The number of carboxylic acid groups (broad SMARTS) is 1. The molecule has 3 aromatic rings. The molecule has 138 valence electrons. The molecule has 0 spiro atoms. The van der Waals surface area contributed by atoms with Crippen molar-refractivity contribution in [3.8, 4) is 10.4 Å². The molecule has 1 saturated carbocycles. The van der Waals surface area contributed by atoms with Crippen LogP contribution in [0.2, 0.25) is 0 Å². The number of hydrogen-bond acceptors (Lipinski definition) is 4. The second-order valence-corrected chi connectivity index (χ2v) is 8.58. The number of hydrogen-bond donors (Lipinski definition) is 2. The van der Waals surface area contributed by atoms with E-state index in [1.54, 1.807) is 17.4 Å². The molecule has 1 aromatic carbocycles. The molecule has 1 unspecified atom stereocenters. The highest BCUT2D eigenvalue weighted by Crippen LogP contribution is 2.41. The highest BCUT2D eigenvalue weighted by Gasteiger charge is 2.27. The Bertz CT molecular complexity index is 1140. The minimum Gasteiger partial charge on any atom is -0.477 e. The molecular formula is C21H19NO4S. The molecule has 0 radical (unpaired) electrons. The van der Waals surface area contributed by atoms with Crippen LogP contribution in [0.3, 0.4) is 0 Å². The molecular weight excluding hydrogens is 362 g/mol. The summed E-state index contributed by atoms with van der Waals surface area (Å²) >= 11 is 1.70. The topological polar surface area (TPSA) is 79.5 Å². The zero-order valence-electron chi connectivity index (χ0n) is 14.6. The third-order valence-electron chi connectivity index (χ3n) is 5.57. The van der Waals surface area contributed by atoms with Crippen LogP contribution in [0.25, 0.3) is 21.3 Å². The molecule has 5 nitrogen and oxygen atoms in total. The number of carbonyl (C=O) groups is 1. The van der Waals surface area contributed by atoms with Crippen LogP contribution < -0.4 is 5.43 Å². The Hall–Kier alpha value is -2.44. The summed E-state index contributed by atoms with van der Waals surface area (Å²) in [5, 5.41) is 20.1. The van der Waals surface area contributed by atoms with Crippen molar-refractivity contribution in [2.75, 3.05) is 0 Å². The first-order chi connectivity index (χ1) is 13.0. The molecule has 27 heavy (non-hydrogen) atoms. The van der Waals surface area contributed by atoms with E-state index in [4.69, 9.17) is 0 Å². The first-order valence-corrected chi connectivity index (χ1v) is 10.1. The molecule has 6 heteroatoms. The lowest BCUT2D eigenvalue weighted by Crippen LogP contribution is -2.18. The number of aromatic carboxylic acids is 1. The van der Waals surface area contributed by atoms with E-state index in [1.807, 2.05) is 16.7 Å². The first-order valence-electron chi connectivity index (χ1n) is 9.26. The number of fused-ring (bicyclic) bond motifs is 2. The van der Waals surface area contributed by atoms with Crippen LogP contribution >= 0.6 is 11.3 Å². The van der Waals surface area contributed by atoms with Gasteiger partial charge in [0.2, 0.25) is 5.43 Å². The van der Waals surface area contributed by atoms with Gasteiger partial charge in [0.15, 0.2) is 0 Å². The summed E-state index contributed by atoms with van der Waals surface area (Å²) in [5.41, 5.74) is 2.23. The molecule has 2 N–H and O–H groups in total.